The monoisotopic (exact) mass is 399 g/mol. The van der Waals surface area contributed by atoms with Gasteiger partial charge in [-0.25, -0.2) is 0 Å². The molecule has 1 fully saturated rings. The number of carbonyl (C=O) groups is 2. The van der Waals surface area contributed by atoms with Crippen LogP contribution in [0.2, 0.25) is 0 Å². The molecule has 0 radical (unpaired) electrons. The van der Waals surface area contributed by atoms with E-state index < -0.39 is 6.10 Å². The standard InChI is InChI=1S/C21H25N3O5/c1-23-13-16(7-8-19(23)25)21(27)24-11-12-29-18(14-24)20(26)22-10-9-15-5-3-4-6-17(15)28-2/h3-8,13,18H,9-12,14H2,1-2H3,(H,22,26)/t18-/m0/s1. The van der Waals surface area contributed by atoms with Crippen molar-refractivity contribution in [1.29, 1.82) is 0 Å². The zero-order chi connectivity index (χ0) is 20.8. The summed E-state index contributed by atoms with van der Waals surface area (Å²) in [6, 6.07) is 10.5. The summed E-state index contributed by atoms with van der Waals surface area (Å²) in [4.78, 5) is 38.3. The largest absolute Gasteiger partial charge is 0.496 e. The smallest absolute Gasteiger partial charge is 0.255 e. The summed E-state index contributed by atoms with van der Waals surface area (Å²) in [7, 11) is 3.21. The molecule has 1 atom stereocenters. The van der Waals surface area contributed by atoms with Gasteiger partial charge in [0.05, 0.1) is 25.8 Å². The number of aromatic nitrogens is 1. The van der Waals surface area contributed by atoms with Gasteiger partial charge in [-0.15, -0.1) is 0 Å². The zero-order valence-electron chi connectivity index (χ0n) is 16.6. The Morgan fingerprint density at radius 1 is 1.24 bits per heavy atom. The molecule has 3 rings (SSSR count). The minimum Gasteiger partial charge on any atom is -0.496 e. The summed E-state index contributed by atoms with van der Waals surface area (Å²) in [5.41, 5.74) is 1.23. The lowest BCUT2D eigenvalue weighted by Crippen LogP contribution is -2.51. The minimum atomic E-state index is -0.724. The van der Waals surface area contributed by atoms with Crippen LogP contribution in [-0.2, 0) is 23.0 Å². The lowest BCUT2D eigenvalue weighted by Gasteiger charge is -2.32. The van der Waals surface area contributed by atoms with Crippen LogP contribution >= 0.6 is 0 Å². The van der Waals surface area contributed by atoms with Gasteiger partial charge in [0, 0.05) is 32.4 Å². The number of morpholine rings is 1. The van der Waals surface area contributed by atoms with E-state index in [4.69, 9.17) is 9.47 Å². The number of amides is 2. The van der Waals surface area contributed by atoms with E-state index in [1.165, 1.54) is 22.9 Å². The number of pyridine rings is 1. The van der Waals surface area contributed by atoms with Crippen molar-refractivity contribution in [1.82, 2.24) is 14.8 Å². The van der Waals surface area contributed by atoms with E-state index in [0.717, 1.165) is 11.3 Å². The third-order valence-electron chi connectivity index (χ3n) is 4.86. The van der Waals surface area contributed by atoms with Crippen molar-refractivity contribution in [3.63, 3.8) is 0 Å². The first-order chi connectivity index (χ1) is 14.0. The van der Waals surface area contributed by atoms with Crippen molar-refractivity contribution >= 4 is 11.8 Å². The Morgan fingerprint density at radius 2 is 2.03 bits per heavy atom. The second-order valence-corrected chi connectivity index (χ2v) is 6.83. The molecule has 2 heterocycles. The highest BCUT2D eigenvalue weighted by atomic mass is 16.5. The molecular weight excluding hydrogens is 374 g/mol. The van der Waals surface area contributed by atoms with Crippen LogP contribution in [0, 0.1) is 0 Å². The van der Waals surface area contributed by atoms with Gasteiger partial charge in [-0.1, -0.05) is 18.2 Å². The molecule has 1 saturated heterocycles. The number of aryl methyl sites for hydroxylation is 1. The van der Waals surface area contributed by atoms with Gasteiger partial charge in [-0.2, -0.15) is 0 Å². The second kappa shape index (κ2) is 9.38. The SMILES string of the molecule is COc1ccccc1CCNC(=O)[C@@H]1CN(C(=O)c2ccc(=O)n(C)c2)CCO1. The van der Waals surface area contributed by atoms with Crippen molar-refractivity contribution in [2.75, 3.05) is 33.4 Å². The summed E-state index contributed by atoms with van der Waals surface area (Å²) in [5, 5.41) is 2.87. The highest BCUT2D eigenvalue weighted by Gasteiger charge is 2.29. The zero-order valence-corrected chi connectivity index (χ0v) is 16.6. The van der Waals surface area contributed by atoms with Gasteiger partial charge < -0.3 is 24.3 Å². The first-order valence-electron chi connectivity index (χ1n) is 9.46. The molecule has 1 aliphatic rings. The maximum absolute atomic E-state index is 12.7. The number of carbonyl (C=O) groups excluding carboxylic acids is 2. The fourth-order valence-electron chi connectivity index (χ4n) is 3.24. The Balaban J connectivity index is 1.55. The van der Waals surface area contributed by atoms with Crippen LogP contribution in [0.15, 0.2) is 47.4 Å². The Morgan fingerprint density at radius 3 is 2.79 bits per heavy atom. The molecule has 1 aliphatic heterocycles. The number of para-hydroxylation sites is 1. The Hall–Kier alpha value is -3.13. The van der Waals surface area contributed by atoms with E-state index in [1.54, 1.807) is 19.1 Å². The summed E-state index contributed by atoms with van der Waals surface area (Å²) in [6.07, 6.45) is 1.41. The maximum Gasteiger partial charge on any atom is 0.255 e. The predicted octanol–water partition coefficient (Wildman–Crippen LogP) is 0.594. The minimum absolute atomic E-state index is 0.169. The number of ether oxygens (including phenoxy) is 2. The topological polar surface area (TPSA) is 89.9 Å². The second-order valence-electron chi connectivity index (χ2n) is 6.83. The molecule has 1 N–H and O–H groups in total. The fourth-order valence-corrected chi connectivity index (χ4v) is 3.24. The number of hydrogen-bond donors (Lipinski definition) is 1. The molecule has 2 aromatic rings. The summed E-state index contributed by atoms with van der Waals surface area (Å²) in [6.45, 7) is 1.28. The number of hydrogen-bond acceptors (Lipinski definition) is 5. The summed E-state index contributed by atoms with van der Waals surface area (Å²) in [5.74, 6) is 0.304. The van der Waals surface area contributed by atoms with E-state index in [1.807, 2.05) is 24.3 Å². The third-order valence-corrected chi connectivity index (χ3v) is 4.86. The molecule has 1 aromatic heterocycles. The molecular formula is C21H25N3O5. The molecule has 8 heteroatoms. The lowest BCUT2D eigenvalue weighted by molar-refractivity contribution is -0.137. The molecule has 8 nitrogen and oxygen atoms in total. The fraction of sp³-hybridized carbons (Fsp3) is 0.381. The average molecular weight is 399 g/mol. The quantitative estimate of drug-likeness (QED) is 0.768. The van der Waals surface area contributed by atoms with Gasteiger partial charge in [0.2, 0.25) is 5.56 Å². The maximum atomic E-state index is 12.7. The van der Waals surface area contributed by atoms with Crippen LogP contribution in [-0.4, -0.2) is 60.7 Å². The molecule has 0 saturated carbocycles. The number of rotatable bonds is 6. The lowest BCUT2D eigenvalue weighted by atomic mass is 10.1. The molecule has 29 heavy (non-hydrogen) atoms. The first kappa shape index (κ1) is 20.6. The number of nitrogens with one attached hydrogen (secondary N) is 1. The number of methoxy groups -OCH3 is 1. The van der Waals surface area contributed by atoms with E-state index in [-0.39, 0.29) is 30.5 Å². The van der Waals surface area contributed by atoms with Crippen LogP contribution < -0.4 is 15.6 Å². The van der Waals surface area contributed by atoms with Crippen molar-refractivity contribution in [2.24, 2.45) is 7.05 Å². The Labute approximate surface area is 169 Å². The van der Waals surface area contributed by atoms with Gasteiger partial charge in [-0.05, 0) is 24.1 Å². The van der Waals surface area contributed by atoms with Crippen LogP contribution in [0.5, 0.6) is 5.75 Å². The number of nitrogens with zero attached hydrogens (tertiary/aromatic N) is 2. The van der Waals surface area contributed by atoms with E-state index in [0.29, 0.717) is 25.1 Å². The first-order valence-corrected chi connectivity index (χ1v) is 9.46. The molecule has 0 bridgehead atoms. The van der Waals surface area contributed by atoms with Gasteiger partial charge in [0.25, 0.3) is 11.8 Å². The molecule has 0 spiro atoms. The summed E-state index contributed by atoms with van der Waals surface area (Å²) >= 11 is 0. The van der Waals surface area contributed by atoms with Gasteiger partial charge in [0.15, 0.2) is 6.10 Å². The summed E-state index contributed by atoms with van der Waals surface area (Å²) < 4.78 is 12.2. The number of benzene rings is 1. The van der Waals surface area contributed by atoms with Crippen molar-refractivity contribution in [3.05, 3.63) is 64.1 Å². The van der Waals surface area contributed by atoms with Crippen molar-refractivity contribution in [3.8, 4) is 5.75 Å². The van der Waals surface area contributed by atoms with Gasteiger partial charge in [-0.3, -0.25) is 14.4 Å². The molecule has 1 aromatic carbocycles. The van der Waals surface area contributed by atoms with Gasteiger partial charge in [0.1, 0.15) is 5.75 Å². The predicted molar refractivity (Wildman–Crippen MR) is 107 cm³/mol. The third kappa shape index (κ3) is 5.03. The molecule has 0 aliphatic carbocycles. The van der Waals surface area contributed by atoms with Crippen LogP contribution in [0.3, 0.4) is 0 Å². The van der Waals surface area contributed by atoms with E-state index in [2.05, 4.69) is 5.32 Å². The van der Waals surface area contributed by atoms with E-state index in [9.17, 15) is 14.4 Å². The molecule has 2 amide bonds. The normalized spacial score (nSPS) is 16.3. The van der Waals surface area contributed by atoms with Crippen LogP contribution in [0.25, 0.3) is 0 Å². The molecule has 154 valence electrons. The van der Waals surface area contributed by atoms with Crippen LogP contribution in [0.1, 0.15) is 15.9 Å². The van der Waals surface area contributed by atoms with Crippen molar-refractivity contribution in [2.45, 2.75) is 12.5 Å². The van der Waals surface area contributed by atoms with Crippen LogP contribution in [0.4, 0.5) is 0 Å². The van der Waals surface area contributed by atoms with E-state index >= 15 is 0 Å². The highest BCUT2D eigenvalue weighted by Crippen LogP contribution is 2.17. The highest BCUT2D eigenvalue weighted by molar-refractivity contribution is 5.94. The Bertz CT molecular complexity index is 940. The molecule has 0 unspecified atom stereocenters. The van der Waals surface area contributed by atoms with Crippen molar-refractivity contribution < 1.29 is 19.1 Å². The van der Waals surface area contributed by atoms with Gasteiger partial charge >= 0.3 is 0 Å². The Kier molecular flexibility index (Phi) is 6.66. The average Bonchev–Trinajstić information content (AvgIpc) is 2.75.